The van der Waals surface area contributed by atoms with Crippen molar-refractivity contribution < 1.29 is 9.30 Å². The molecule has 0 N–H and O–H groups in total. The summed E-state index contributed by atoms with van der Waals surface area (Å²) in [6.45, 7) is 18.4. The van der Waals surface area contributed by atoms with Gasteiger partial charge in [-0.3, -0.25) is 13.7 Å². The maximum Gasteiger partial charge on any atom is 0.269 e. The first-order chi connectivity index (χ1) is 38.4. The Hall–Kier alpha value is -9.00. The molecule has 0 spiro atoms. The van der Waals surface area contributed by atoms with E-state index in [0.29, 0.717) is 17.4 Å². The highest BCUT2D eigenvalue weighted by Gasteiger charge is 2.26. The summed E-state index contributed by atoms with van der Waals surface area (Å²) in [5, 5.41) is 4.68. The summed E-state index contributed by atoms with van der Waals surface area (Å²) in [5.74, 6) is 2.75. The fraction of sp³-hybridized carbons (Fsp3) is 0.178. The van der Waals surface area contributed by atoms with Gasteiger partial charge in [0.25, 0.3) is 6.33 Å². The lowest BCUT2D eigenvalue weighted by Gasteiger charge is -2.27. The number of benzene rings is 9. The van der Waals surface area contributed by atoms with Crippen LogP contribution >= 0.6 is 0 Å². The van der Waals surface area contributed by atoms with E-state index in [1.807, 2.05) is 6.20 Å². The molecule has 79 heavy (non-hydrogen) atoms. The predicted molar refractivity (Wildman–Crippen MR) is 328 cm³/mol. The van der Waals surface area contributed by atoms with Gasteiger partial charge in [0.2, 0.25) is 0 Å². The Morgan fingerprint density at radius 3 is 1.73 bits per heavy atom. The van der Waals surface area contributed by atoms with Gasteiger partial charge in [-0.25, -0.2) is 4.98 Å². The van der Waals surface area contributed by atoms with Gasteiger partial charge < -0.3 is 9.30 Å². The van der Waals surface area contributed by atoms with Gasteiger partial charge in [0.15, 0.2) is 0 Å². The summed E-state index contributed by atoms with van der Waals surface area (Å²) in [4.78, 5) is 5.11. The Kier molecular flexibility index (Phi) is 12.2. The fourth-order valence-electron chi connectivity index (χ4n) is 12.0. The lowest BCUT2D eigenvalue weighted by Crippen LogP contribution is -2.31. The van der Waals surface area contributed by atoms with Crippen molar-refractivity contribution in [2.24, 2.45) is 0 Å². The second-order valence-corrected chi connectivity index (χ2v) is 23.2. The third kappa shape index (κ3) is 8.67. The first-order valence-corrected chi connectivity index (χ1v) is 28.0. The molecule has 0 saturated carbocycles. The van der Waals surface area contributed by atoms with Crippen molar-refractivity contribution in [2.75, 3.05) is 0 Å². The van der Waals surface area contributed by atoms with Gasteiger partial charge in [-0.15, -0.1) is 0 Å². The van der Waals surface area contributed by atoms with E-state index >= 15 is 0 Å². The van der Waals surface area contributed by atoms with E-state index in [1.165, 1.54) is 33.0 Å². The number of imidazole rings is 1. The van der Waals surface area contributed by atoms with Crippen LogP contribution in [-0.2, 0) is 10.8 Å². The van der Waals surface area contributed by atoms with Gasteiger partial charge in [0.05, 0.1) is 50.2 Å². The number of pyridine rings is 1. The Morgan fingerprint density at radius 1 is 0.494 bits per heavy atom. The van der Waals surface area contributed by atoms with Gasteiger partial charge in [-0.2, -0.15) is 0 Å². The molecule has 13 aromatic rings. The molecule has 0 radical (unpaired) electrons. The van der Waals surface area contributed by atoms with Crippen LogP contribution < -0.4 is 9.30 Å². The summed E-state index contributed by atoms with van der Waals surface area (Å²) in [6.07, 6.45) is 8.03. The third-order valence-electron chi connectivity index (χ3n) is 16.2. The van der Waals surface area contributed by atoms with Crippen LogP contribution in [-0.4, -0.2) is 18.7 Å². The van der Waals surface area contributed by atoms with Crippen molar-refractivity contribution in [2.45, 2.75) is 85.0 Å². The average Bonchev–Trinajstić information content (AvgIpc) is 4.36. The van der Waals surface area contributed by atoms with Gasteiger partial charge in [-0.05, 0) is 117 Å². The number of ether oxygens (including phenoxy) is 1. The van der Waals surface area contributed by atoms with Gasteiger partial charge in [0, 0.05) is 39.9 Å². The molecule has 9 aromatic carbocycles. The molecular formula is C73H65N5O. The molecular weight excluding hydrogens is 963 g/mol. The molecule has 0 aliphatic carbocycles. The molecule has 4 aromatic heterocycles. The molecule has 0 fully saturated rings. The molecule has 6 heteroatoms. The zero-order valence-electron chi connectivity index (χ0n) is 46.4. The first kappa shape index (κ1) is 49.6. The highest BCUT2D eigenvalue weighted by Crippen LogP contribution is 2.44. The average molecular weight is 1030 g/mol. The van der Waals surface area contributed by atoms with Crippen molar-refractivity contribution in [3.63, 3.8) is 0 Å². The van der Waals surface area contributed by atoms with Crippen molar-refractivity contribution >= 4 is 54.6 Å². The number of aromatic nitrogens is 5. The number of nitrogens with zero attached hydrogens (tertiary/aromatic N) is 5. The Balaban J connectivity index is 1.01. The van der Waals surface area contributed by atoms with Crippen molar-refractivity contribution in [3.8, 4) is 56.6 Å². The van der Waals surface area contributed by atoms with Crippen molar-refractivity contribution in [1.29, 1.82) is 0 Å². The molecule has 13 rings (SSSR count). The Bertz CT molecular complexity index is 4370. The predicted octanol–water partition coefficient (Wildman–Crippen LogP) is 18.9. The highest BCUT2D eigenvalue weighted by atomic mass is 16.5. The lowest BCUT2D eigenvalue weighted by atomic mass is 9.78. The zero-order valence-corrected chi connectivity index (χ0v) is 46.4. The molecule has 0 atom stereocenters. The van der Waals surface area contributed by atoms with Crippen LogP contribution in [0.15, 0.2) is 219 Å². The second-order valence-electron chi connectivity index (χ2n) is 23.2. The molecule has 0 aliphatic heterocycles. The number of fused-ring (bicyclic) bond motifs is 7. The van der Waals surface area contributed by atoms with Crippen LogP contribution in [0.3, 0.4) is 0 Å². The number of hydrogen-bond acceptors (Lipinski definition) is 2. The number of hydrogen-bond donors (Lipinski definition) is 0. The van der Waals surface area contributed by atoms with Gasteiger partial charge in [0.1, 0.15) is 17.3 Å². The van der Waals surface area contributed by atoms with E-state index in [1.54, 1.807) is 0 Å². The smallest absolute Gasteiger partial charge is 0.269 e. The monoisotopic (exact) mass is 1030 g/mol. The molecule has 6 nitrogen and oxygen atoms in total. The highest BCUT2D eigenvalue weighted by molar-refractivity contribution is 6.16. The molecule has 0 aliphatic rings. The minimum Gasteiger partial charge on any atom is -0.458 e. The van der Waals surface area contributed by atoms with E-state index in [0.717, 1.165) is 96.3 Å². The number of rotatable bonds is 11. The molecule has 0 bridgehead atoms. The SMILES string of the molecule is CCC(CC)c1ccnc(-n2c3ccccc3c3c(-n4c5ccccc5c5ccccc54)cc(Oc4cccc(-n5[c-][n+](-c6c(-c7ccccc7)cccc6-c6cc(C(C)(C)C)cc(C(C)(C)C)c6)c6ccccc65)c4)cc32)c1. The van der Waals surface area contributed by atoms with Gasteiger partial charge >= 0.3 is 0 Å². The topological polar surface area (TPSA) is 40.8 Å². The lowest BCUT2D eigenvalue weighted by molar-refractivity contribution is -0.571. The zero-order chi connectivity index (χ0) is 54.2. The Morgan fingerprint density at radius 2 is 1.08 bits per heavy atom. The summed E-state index contributed by atoms with van der Waals surface area (Å²) in [5.41, 5.74) is 17.9. The van der Waals surface area contributed by atoms with Crippen LogP contribution in [0.4, 0.5) is 0 Å². The molecule has 0 amide bonds. The molecule has 4 heterocycles. The van der Waals surface area contributed by atoms with Gasteiger partial charge in [-0.1, -0.05) is 207 Å². The summed E-state index contributed by atoms with van der Waals surface area (Å²) in [7, 11) is 0. The second kappa shape index (κ2) is 19.5. The van der Waals surface area contributed by atoms with E-state index in [9.17, 15) is 0 Å². The summed E-state index contributed by atoms with van der Waals surface area (Å²) in [6, 6.07) is 76.9. The van der Waals surface area contributed by atoms with E-state index in [-0.39, 0.29) is 10.8 Å². The Labute approximate surface area is 463 Å². The van der Waals surface area contributed by atoms with E-state index in [4.69, 9.17) is 9.72 Å². The van der Waals surface area contributed by atoms with Crippen LogP contribution in [0.1, 0.15) is 90.8 Å². The first-order valence-electron chi connectivity index (χ1n) is 28.0. The summed E-state index contributed by atoms with van der Waals surface area (Å²) >= 11 is 0. The van der Waals surface area contributed by atoms with Crippen molar-refractivity contribution in [3.05, 3.63) is 242 Å². The van der Waals surface area contributed by atoms with Crippen molar-refractivity contribution in [1.82, 2.24) is 18.7 Å². The molecule has 0 saturated heterocycles. The van der Waals surface area contributed by atoms with Crippen LogP contribution in [0.5, 0.6) is 11.5 Å². The fourth-order valence-corrected chi connectivity index (χ4v) is 12.0. The maximum absolute atomic E-state index is 7.25. The normalized spacial score (nSPS) is 12.3. The minimum atomic E-state index is -0.0534. The number of para-hydroxylation sites is 6. The van der Waals surface area contributed by atoms with E-state index in [2.05, 4.69) is 292 Å². The van der Waals surface area contributed by atoms with Crippen LogP contribution in [0, 0.1) is 6.33 Å². The van der Waals surface area contributed by atoms with Crippen LogP contribution in [0.2, 0.25) is 0 Å². The van der Waals surface area contributed by atoms with Crippen LogP contribution in [0.25, 0.3) is 99.8 Å². The quantitative estimate of drug-likeness (QED) is 0.0957. The van der Waals surface area contributed by atoms with E-state index < -0.39 is 0 Å². The standard InChI is InChI=1S/C73H65N5O/c1-9-48(10-2)50-38-39-74-69(42-50)78-64-35-19-16-30-61(64)70-67(77-62-33-17-14-28-59(62)60-29-15-18-34-63(60)77)45-56(46-68(70)78)79-55-27-22-26-54(44-55)75-47-76(66-37-21-20-36-65(66)75)71-57(49-24-12-11-13-25-49)31-23-32-58(71)51-40-52(72(3,4)5)43-53(41-51)73(6,7)8/h11-46,48H,9-10H2,1-8H3. The molecule has 388 valence electrons. The third-order valence-corrected chi connectivity index (χ3v) is 16.2. The minimum absolute atomic E-state index is 0.0534. The largest absolute Gasteiger partial charge is 0.458 e. The molecule has 0 unspecified atom stereocenters. The maximum atomic E-state index is 7.25. The summed E-state index contributed by atoms with van der Waals surface area (Å²) < 4.78 is 16.5.